The summed E-state index contributed by atoms with van der Waals surface area (Å²) in [7, 11) is 1.65. The number of aromatic nitrogens is 2. The van der Waals surface area contributed by atoms with Gasteiger partial charge in [0.05, 0.1) is 30.7 Å². The van der Waals surface area contributed by atoms with E-state index in [1.54, 1.807) is 43.7 Å². The number of rotatable bonds is 5. The predicted molar refractivity (Wildman–Crippen MR) is 91.2 cm³/mol. The molecular formula is C17H19ClN4O2. The SMILES string of the molecule is CNC(=O)CN1CCC[C@@H]1c1cncc(Oc2ccc(Cl)cc2)n1. The second-order valence-corrected chi connectivity index (χ2v) is 6.08. The van der Waals surface area contributed by atoms with Crippen LogP contribution in [0.2, 0.25) is 5.02 Å². The number of likely N-dealkylation sites (tertiary alicyclic amines) is 1. The lowest BCUT2D eigenvalue weighted by Gasteiger charge is -2.23. The first kappa shape index (κ1) is 16.7. The lowest BCUT2D eigenvalue weighted by molar-refractivity contribution is -0.122. The zero-order valence-electron chi connectivity index (χ0n) is 13.4. The van der Waals surface area contributed by atoms with E-state index in [0.29, 0.717) is 23.2 Å². The normalized spacial score (nSPS) is 17.7. The summed E-state index contributed by atoms with van der Waals surface area (Å²) in [6, 6.07) is 7.17. The Morgan fingerprint density at radius 3 is 2.92 bits per heavy atom. The Kier molecular flexibility index (Phi) is 5.27. The molecule has 0 bridgehead atoms. The average molecular weight is 347 g/mol. The van der Waals surface area contributed by atoms with E-state index in [1.807, 2.05) is 0 Å². The van der Waals surface area contributed by atoms with Crippen molar-refractivity contribution in [1.82, 2.24) is 20.2 Å². The number of hydrogen-bond acceptors (Lipinski definition) is 5. The van der Waals surface area contributed by atoms with E-state index in [0.717, 1.165) is 25.1 Å². The third-order valence-corrected chi connectivity index (χ3v) is 4.25. The maximum Gasteiger partial charge on any atom is 0.238 e. The maximum absolute atomic E-state index is 11.7. The zero-order chi connectivity index (χ0) is 16.9. The molecule has 0 spiro atoms. The van der Waals surface area contributed by atoms with Crippen LogP contribution < -0.4 is 10.1 Å². The first-order valence-electron chi connectivity index (χ1n) is 7.85. The van der Waals surface area contributed by atoms with Gasteiger partial charge in [-0.15, -0.1) is 0 Å². The lowest BCUT2D eigenvalue weighted by Crippen LogP contribution is -2.35. The molecule has 126 valence electrons. The van der Waals surface area contributed by atoms with Gasteiger partial charge in [0, 0.05) is 12.1 Å². The molecule has 24 heavy (non-hydrogen) atoms. The summed E-state index contributed by atoms with van der Waals surface area (Å²) in [5.41, 5.74) is 0.822. The molecule has 1 fully saturated rings. The fourth-order valence-corrected chi connectivity index (χ4v) is 2.94. The van der Waals surface area contributed by atoms with Crippen molar-refractivity contribution in [2.75, 3.05) is 20.1 Å². The van der Waals surface area contributed by atoms with Crippen molar-refractivity contribution in [1.29, 1.82) is 0 Å². The molecule has 7 heteroatoms. The molecule has 1 saturated heterocycles. The van der Waals surface area contributed by atoms with Crippen molar-refractivity contribution >= 4 is 17.5 Å². The minimum absolute atomic E-state index is 0.00317. The number of hydrogen-bond donors (Lipinski definition) is 1. The summed E-state index contributed by atoms with van der Waals surface area (Å²) < 4.78 is 5.74. The zero-order valence-corrected chi connectivity index (χ0v) is 14.2. The van der Waals surface area contributed by atoms with Gasteiger partial charge in [-0.1, -0.05) is 11.6 Å². The molecule has 1 atom stereocenters. The third kappa shape index (κ3) is 4.01. The first-order chi connectivity index (χ1) is 11.7. The largest absolute Gasteiger partial charge is 0.437 e. The first-order valence-corrected chi connectivity index (χ1v) is 8.23. The molecular weight excluding hydrogens is 328 g/mol. The van der Waals surface area contributed by atoms with Crippen molar-refractivity contribution in [3.63, 3.8) is 0 Å². The molecule has 1 amide bonds. The maximum atomic E-state index is 11.7. The number of carbonyl (C=O) groups is 1. The van der Waals surface area contributed by atoms with Crippen LogP contribution in [-0.2, 0) is 4.79 Å². The van der Waals surface area contributed by atoms with Gasteiger partial charge in [0.1, 0.15) is 5.75 Å². The highest BCUT2D eigenvalue weighted by molar-refractivity contribution is 6.30. The quantitative estimate of drug-likeness (QED) is 0.901. The molecule has 2 heterocycles. The Labute approximate surface area is 145 Å². The fraction of sp³-hybridized carbons (Fsp3) is 0.353. The Morgan fingerprint density at radius 1 is 1.38 bits per heavy atom. The van der Waals surface area contributed by atoms with Crippen LogP contribution in [0.1, 0.15) is 24.6 Å². The summed E-state index contributed by atoms with van der Waals surface area (Å²) in [5.74, 6) is 1.09. The molecule has 0 aliphatic carbocycles. The number of halogens is 1. The van der Waals surface area contributed by atoms with Crippen LogP contribution in [0.25, 0.3) is 0 Å². The van der Waals surface area contributed by atoms with Crippen LogP contribution in [0.4, 0.5) is 0 Å². The van der Waals surface area contributed by atoms with E-state index in [-0.39, 0.29) is 11.9 Å². The number of nitrogens with one attached hydrogen (secondary N) is 1. The van der Waals surface area contributed by atoms with E-state index in [9.17, 15) is 4.79 Å². The Balaban J connectivity index is 1.74. The molecule has 1 aromatic heterocycles. The Hall–Kier alpha value is -2.18. The monoisotopic (exact) mass is 346 g/mol. The highest BCUT2D eigenvalue weighted by Crippen LogP contribution is 2.31. The van der Waals surface area contributed by atoms with Crippen molar-refractivity contribution in [2.45, 2.75) is 18.9 Å². The third-order valence-electron chi connectivity index (χ3n) is 4.00. The molecule has 3 rings (SSSR count). The second-order valence-electron chi connectivity index (χ2n) is 5.64. The molecule has 1 N–H and O–H groups in total. The minimum Gasteiger partial charge on any atom is -0.437 e. The van der Waals surface area contributed by atoms with Gasteiger partial charge < -0.3 is 10.1 Å². The van der Waals surface area contributed by atoms with Crippen molar-refractivity contribution in [3.05, 3.63) is 47.4 Å². The average Bonchev–Trinajstić information content (AvgIpc) is 3.05. The van der Waals surface area contributed by atoms with Gasteiger partial charge in [0.2, 0.25) is 11.8 Å². The van der Waals surface area contributed by atoms with Crippen LogP contribution in [0.3, 0.4) is 0 Å². The topological polar surface area (TPSA) is 67.4 Å². The second kappa shape index (κ2) is 7.59. The molecule has 2 aromatic rings. The number of nitrogens with zero attached hydrogens (tertiary/aromatic N) is 3. The molecule has 1 aliphatic heterocycles. The number of amides is 1. The fourth-order valence-electron chi connectivity index (χ4n) is 2.81. The minimum atomic E-state index is 0.00317. The van der Waals surface area contributed by atoms with E-state index in [1.165, 1.54) is 0 Å². The van der Waals surface area contributed by atoms with Crippen LogP contribution >= 0.6 is 11.6 Å². The number of carbonyl (C=O) groups excluding carboxylic acids is 1. The highest BCUT2D eigenvalue weighted by atomic mass is 35.5. The van der Waals surface area contributed by atoms with Gasteiger partial charge in [-0.3, -0.25) is 14.7 Å². The molecule has 1 aromatic carbocycles. The van der Waals surface area contributed by atoms with Crippen LogP contribution in [0, 0.1) is 0 Å². The van der Waals surface area contributed by atoms with Gasteiger partial charge in [-0.25, -0.2) is 4.98 Å². The number of ether oxygens (including phenoxy) is 1. The molecule has 6 nitrogen and oxygen atoms in total. The summed E-state index contributed by atoms with van der Waals surface area (Å²) in [6.45, 7) is 1.24. The lowest BCUT2D eigenvalue weighted by atomic mass is 10.1. The van der Waals surface area contributed by atoms with Crippen molar-refractivity contribution < 1.29 is 9.53 Å². The smallest absolute Gasteiger partial charge is 0.238 e. The van der Waals surface area contributed by atoms with E-state index in [2.05, 4.69) is 20.2 Å². The van der Waals surface area contributed by atoms with Gasteiger partial charge >= 0.3 is 0 Å². The summed E-state index contributed by atoms with van der Waals surface area (Å²) in [4.78, 5) is 22.6. The number of likely N-dealkylation sites (N-methyl/N-ethyl adjacent to an activating group) is 1. The molecule has 0 unspecified atom stereocenters. The predicted octanol–water partition coefficient (Wildman–Crippen LogP) is 2.81. The van der Waals surface area contributed by atoms with Crippen LogP contribution in [0.5, 0.6) is 11.6 Å². The van der Waals surface area contributed by atoms with Crippen LogP contribution in [0.15, 0.2) is 36.7 Å². The van der Waals surface area contributed by atoms with Crippen molar-refractivity contribution in [2.24, 2.45) is 0 Å². The van der Waals surface area contributed by atoms with E-state index in [4.69, 9.17) is 16.3 Å². The van der Waals surface area contributed by atoms with Gasteiger partial charge in [0.25, 0.3) is 0 Å². The van der Waals surface area contributed by atoms with Gasteiger partial charge in [-0.05, 0) is 43.7 Å². The summed E-state index contributed by atoms with van der Waals surface area (Å²) in [6.07, 6.45) is 5.30. The molecule has 1 aliphatic rings. The summed E-state index contributed by atoms with van der Waals surface area (Å²) >= 11 is 5.87. The van der Waals surface area contributed by atoms with Crippen molar-refractivity contribution in [3.8, 4) is 11.6 Å². The highest BCUT2D eigenvalue weighted by Gasteiger charge is 2.28. The van der Waals surface area contributed by atoms with Gasteiger partial charge in [0.15, 0.2) is 0 Å². The van der Waals surface area contributed by atoms with Crippen LogP contribution in [-0.4, -0.2) is 40.9 Å². The van der Waals surface area contributed by atoms with Gasteiger partial charge in [-0.2, -0.15) is 0 Å². The Morgan fingerprint density at radius 2 is 2.17 bits per heavy atom. The molecule has 0 radical (unpaired) electrons. The standard InChI is InChI=1S/C17H19ClN4O2/c1-19-16(23)11-22-8-2-3-15(22)14-9-20-10-17(21-14)24-13-6-4-12(18)5-7-13/h4-7,9-10,15H,2-3,8,11H2,1H3,(H,19,23)/t15-/m1/s1. The molecule has 0 saturated carbocycles. The Bertz CT molecular complexity index is 708. The summed E-state index contributed by atoms with van der Waals surface area (Å²) in [5, 5.41) is 3.31. The van der Waals surface area contributed by atoms with E-state index < -0.39 is 0 Å². The number of benzene rings is 1. The van der Waals surface area contributed by atoms with E-state index >= 15 is 0 Å².